The van der Waals surface area contributed by atoms with E-state index < -0.39 is 5.54 Å². The van der Waals surface area contributed by atoms with Crippen LogP contribution >= 0.6 is 12.4 Å². The Kier molecular flexibility index (Phi) is 3.91. The fourth-order valence-electron chi connectivity index (χ4n) is 3.03. The van der Waals surface area contributed by atoms with Crippen LogP contribution in [0.25, 0.3) is 22.4 Å². The molecule has 0 atom stereocenters. The van der Waals surface area contributed by atoms with Crippen molar-refractivity contribution in [3.63, 3.8) is 0 Å². The number of nitrogens with two attached hydrogens (primary N) is 1. The lowest BCUT2D eigenvalue weighted by Crippen LogP contribution is -2.34. The molecular formula is C15H16ClN5O2. The minimum absolute atomic E-state index is 0. The van der Waals surface area contributed by atoms with E-state index in [-0.39, 0.29) is 23.9 Å². The molecule has 7 nitrogen and oxygen atoms in total. The minimum Gasteiger partial charge on any atom is -0.332 e. The summed E-state index contributed by atoms with van der Waals surface area (Å²) in [6.45, 7) is 0. The van der Waals surface area contributed by atoms with Crippen LogP contribution in [0.5, 0.6) is 0 Å². The van der Waals surface area contributed by atoms with Gasteiger partial charge in [0.1, 0.15) is 0 Å². The zero-order valence-electron chi connectivity index (χ0n) is 12.3. The number of fused-ring (bicyclic) bond motifs is 1. The summed E-state index contributed by atoms with van der Waals surface area (Å²) in [6.07, 6.45) is 3.85. The van der Waals surface area contributed by atoms with Crippen LogP contribution in [0.2, 0.25) is 0 Å². The molecule has 1 saturated carbocycles. The second-order valence-corrected chi connectivity index (χ2v) is 5.73. The standard InChI is InChI=1S/C15H15N5O2.ClH/c16-15(7-3-4-8-15)14-17-13(22-20-14)11-9-5-1-2-6-10(9)12(21)19-18-11;/h1-2,5-6H,3-4,7-8,16H2,(H,19,21);1H. The third-order valence-corrected chi connectivity index (χ3v) is 4.27. The highest BCUT2D eigenvalue weighted by atomic mass is 35.5. The molecule has 120 valence electrons. The number of nitrogens with one attached hydrogen (secondary N) is 1. The van der Waals surface area contributed by atoms with E-state index in [1.165, 1.54) is 0 Å². The fraction of sp³-hybridized carbons (Fsp3) is 0.333. The van der Waals surface area contributed by atoms with E-state index in [0.717, 1.165) is 25.7 Å². The quantitative estimate of drug-likeness (QED) is 0.743. The number of nitrogens with zero attached hydrogens (tertiary/aromatic N) is 3. The maximum Gasteiger partial charge on any atom is 0.279 e. The number of aromatic nitrogens is 4. The summed E-state index contributed by atoms with van der Waals surface area (Å²) in [5, 5.41) is 11.8. The Balaban J connectivity index is 0.00000156. The molecule has 1 aliphatic carbocycles. The minimum atomic E-state index is -0.514. The molecule has 3 N–H and O–H groups in total. The summed E-state index contributed by atoms with van der Waals surface area (Å²) in [6, 6.07) is 7.18. The molecule has 23 heavy (non-hydrogen) atoms. The lowest BCUT2D eigenvalue weighted by Gasteiger charge is -2.17. The Morgan fingerprint density at radius 1 is 1.17 bits per heavy atom. The summed E-state index contributed by atoms with van der Waals surface area (Å²) < 4.78 is 5.35. The summed E-state index contributed by atoms with van der Waals surface area (Å²) in [5.74, 6) is 0.788. The summed E-state index contributed by atoms with van der Waals surface area (Å²) in [5.41, 5.74) is 6.05. The van der Waals surface area contributed by atoms with Gasteiger partial charge in [0, 0.05) is 5.39 Å². The second-order valence-electron chi connectivity index (χ2n) is 5.73. The molecule has 2 heterocycles. The van der Waals surface area contributed by atoms with Crippen molar-refractivity contribution >= 4 is 23.2 Å². The third-order valence-electron chi connectivity index (χ3n) is 4.27. The molecule has 0 amide bonds. The Morgan fingerprint density at radius 3 is 2.61 bits per heavy atom. The van der Waals surface area contributed by atoms with Crippen molar-refractivity contribution in [2.75, 3.05) is 0 Å². The van der Waals surface area contributed by atoms with Crippen molar-refractivity contribution in [1.29, 1.82) is 0 Å². The van der Waals surface area contributed by atoms with Crippen LogP contribution in [0.3, 0.4) is 0 Å². The molecule has 1 aromatic carbocycles. The number of aromatic amines is 1. The fourth-order valence-corrected chi connectivity index (χ4v) is 3.03. The van der Waals surface area contributed by atoms with Gasteiger partial charge in [-0.1, -0.05) is 36.2 Å². The maximum absolute atomic E-state index is 11.8. The molecule has 8 heteroatoms. The molecule has 0 saturated heterocycles. The van der Waals surface area contributed by atoms with Crippen LogP contribution in [-0.4, -0.2) is 20.3 Å². The second kappa shape index (κ2) is 5.75. The Morgan fingerprint density at radius 2 is 1.87 bits per heavy atom. The van der Waals surface area contributed by atoms with Crippen LogP contribution in [0.15, 0.2) is 33.6 Å². The number of benzene rings is 1. The molecule has 0 bridgehead atoms. The van der Waals surface area contributed by atoms with Crippen molar-refractivity contribution < 1.29 is 4.52 Å². The zero-order chi connectivity index (χ0) is 15.2. The number of rotatable bonds is 2. The average molecular weight is 334 g/mol. The molecule has 3 aromatic rings. The van der Waals surface area contributed by atoms with E-state index >= 15 is 0 Å². The van der Waals surface area contributed by atoms with Crippen LogP contribution in [0.4, 0.5) is 0 Å². The highest BCUT2D eigenvalue weighted by Gasteiger charge is 2.36. The smallest absolute Gasteiger partial charge is 0.279 e. The van der Waals surface area contributed by atoms with Crippen molar-refractivity contribution in [2.24, 2.45) is 5.73 Å². The van der Waals surface area contributed by atoms with Crippen LogP contribution in [0, 0.1) is 0 Å². The van der Waals surface area contributed by atoms with E-state index in [1.807, 2.05) is 12.1 Å². The monoisotopic (exact) mass is 333 g/mol. The van der Waals surface area contributed by atoms with Gasteiger partial charge in [-0.25, -0.2) is 5.10 Å². The predicted molar refractivity (Wildman–Crippen MR) is 87.2 cm³/mol. The zero-order valence-corrected chi connectivity index (χ0v) is 13.1. The molecule has 2 aromatic heterocycles. The third kappa shape index (κ3) is 2.51. The average Bonchev–Trinajstić information content (AvgIpc) is 3.18. The Hall–Kier alpha value is -2.25. The first-order valence-corrected chi connectivity index (χ1v) is 7.28. The molecule has 0 aliphatic heterocycles. The largest absolute Gasteiger partial charge is 0.332 e. The summed E-state index contributed by atoms with van der Waals surface area (Å²) in [7, 11) is 0. The first-order valence-electron chi connectivity index (χ1n) is 7.28. The van der Waals surface area contributed by atoms with Crippen molar-refractivity contribution in [1.82, 2.24) is 20.3 Å². The van der Waals surface area contributed by atoms with Crippen LogP contribution in [-0.2, 0) is 5.54 Å². The van der Waals surface area contributed by atoms with E-state index in [4.69, 9.17) is 10.3 Å². The molecular weight excluding hydrogens is 318 g/mol. The first-order chi connectivity index (χ1) is 10.7. The summed E-state index contributed by atoms with van der Waals surface area (Å²) >= 11 is 0. The van der Waals surface area contributed by atoms with Gasteiger partial charge >= 0.3 is 0 Å². The van der Waals surface area contributed by atoms with E-state index in [2.05, 4.69) is 20.3 Å². The number of hydrogen-bond acceptors (Lipinski definition) is 6. The highest BCUT2D eigenvalue weighted by molar-refractivity contribution is 5.91. The Bertz CT molecular complexity index is 898. The molecule has 4 rings (SSSR count). The topological polar surface area (TPSA) is 111 Å². The van der Waals surface area contributed by atoms with Gasteiger partial charge in [0.25, 0.3) is 11.4 Å². The van der Waals surface area contributed by atoms with Gasteiger partial charge in [-0.3, -0.25) is 4.79 Å². The van der Waals surface area contributed by atoms with Crippen molar-refractivity contribution in [2.45, 2.75) is 31.2 Å². The Labute approximate surface area is 137 Å². The van der Waals surface area contributed by atoms with Crippen molar-refractivity contribution in [3.8, 4) is 11.6 Å². The summed E-state index contributed by atoms with van der Waals surface area (Å²) in [4.78, 5) is 16.2. The predicted octanol–water partition coefficient (Wildman–Crippen LogP) is 2.12. The molecule has 0 radical (unpaired) electrons. The van der Waals surface area contributed by atoms with E-state index in [0.29, 0.717) is 22.3 Å². The molecule has 0 unspecified atom stereocenters. The van der Waals surface area contributed by atoms with Gasteiger partial charge in [-0.2, -0.15) is 10.1 Å². The molecule has 1 aliphatic rings. The van der Waals surface area contributed by atoms with Crippen LogP contribution < -0.4 is 11.3 Å². The number of hydrogen-bond donors (Lipinski definition) is 2. The lowest BCUT2D eigenvalue weighted by atomic mass is 9.99. The van der Waals surface area contributed by atoms with Gasteiger partial charge in [-0.05, 0) is 18.9 Å². The number of H-pyrrole nitrogens is 1. The van der Waals surface area contributed by atoms with E-state index in [1.54, 1.807) is 12.1 Å². The number of halogens is 1. The molecule has 1 fully saturated rings. The van der Waals surface area contributed by atoms with Gasteiger partial charge in [0.2, 0.25) is 0 Å². The van der Waals surface area contributed by atoms with Gasteiger partial charge in [-0.15, -0.1) is 12.4 Å². The maximum atomic E-state index is 11.8. The van der Waals surface area contributed by atoms with Gasteiger partial charge in [0.15, 0.2) is 11.5 Å². The van der Waals surface area contributed by atoms with Gasteiger partial charge < -0.3 is 10.3 Å². The first kappa shape index (κ1) is 15.6. The normalized spacial score (nSPS) is 16.4. The lowest BCUT2D eigenvalue weighted by molar-refractivity contribution is 0.372. The SMILES string of the molecule is Cl.NC1(c2noc(-c3n[nH]c(=O)c4ccccc34)n2)CCCC1. The van der Waals surface area contributed by atoms with Crippen LogP contribution in [0.1, 0.15) is 31.5 Å². The van der Waals surface area contributed by atoms with E-state index in [9.17, 15) is 4.79 Å². The van der Waals surface area contributed by atoms with Crippen molar-refractivity contribution in [3.05, 3.63) is 40.4 Å². The van der Waals surface area contributed by atoms with Gasteiger partial charge in [0.05, 0.1) is 10.9 Å². The molecule has 0 spiro atoms. The highest BCUT2D eigenvalue weighted by Crippen LogP contribution is 2.35.